The number of para-hydroxylation sites is 4. The van der Waals surface area contributed by atoms with Crippen LogP contribution in [0.2, 0.25) is 0 Å². The van der Waals surface area contributed by atoms with E-state index in [9.17, 15) is 0 Å². The molecule has 168 valence electrons. The number of ether oxygens (including phenoxy) is 1. The second-order valence-electron chi connectivity index (χ2n) is 8.65. The van der Waals surface area contributed by atoms with E-state index in [0.29, 0.717) is 0 Å². The Bertz CT molecular complexity index is 1910. The summed E-state index contributed by atoms with van der Waals surface area (Å²) in [5, 5.41) is 4.68. The van der Waals surface area contributed by atoms with Gasteiger partial charge in [0.1, 0.15) is 16.9 Å². The van der Waals surface area contributed by atoms with Crippen LogP contribution in [0.25, 0.3) is 60.6 Å². The standard InChI is InChI=1S/C31H20BrNO2/c1-34-19-16-17-28(26(32)18-19)33-27-14-4-2-8-20(27)22-10-6-11-23(30(22)33)25-13-7-12-24-21-9-3-5-15-29(21)35-31(24)25/h2-18H,1H3. The molecule has 0 aliphatic carbocycles. The van der Waals surface area contributed by atoms with Gasteiger partial charge in [-0.05, 0) is 46.3 Å². The third kappa shape index (κ3) is 2.96. The highest BCUT2D eigenvalue weighted by molar-refractivity contribution is 9.10. The molecule has 0 aliphatic rings. The van der Waals surface area contributed by atoms with Gasteiger partial charge in [0, 0.05) is 37.1 Å². The molecule has 0 saturated heterocycles. The first-order valence-electron chi connectivity index (χ1n) is 11.5. The molecule has 0 unspecified atom stereocenters. The number of furan rings is 1. The van der Waals surface area contributed by atoms with Crippen LogP contribution >= 0.6 is 15.9 Å². The Morgan fingerprint density at radius 2 is 1.40 bits per heavy atom. The number of nitrogens with zero attached hydrogens (tertiary/aromatic N) is 1. The molecular formula is C31H20BrNO2. The zero-order valence-corrected chi connectivity index (χ0v) is 20.5. The van der Waals surface area contributed by atoms with Gasteiger partial charge in [-0.1, -0.05) is 72.8 Å². The van der Waals surface area contributed by atoms with Gasteiger partial charge in [0.15, 0.2) is 0 Å². The monoisotopic (exact) mass is 517 g/mol. The number of rotatable bonds is 3. The fourth-order valence-electron chi connectivity index (χ4n) is 5.24. The summed E-state index contributed by atoms with van der Waals surface area (Å²) in [6.45, 7) is 0. The molecule has 2 aromatic heterocycles. The fourth-order valence-corrected chi connectivity index (χ4v) is 5.78. The molecule has 7 rings (SSSR count). The molecule has 0 amide bonds. The SMILES string of the molecule is COc1ccc(-n2c3ccccc3c3cccc(-c4cccc5c4oc4ccccc45)c32)c(Br)c1. The maximum absolute atomic E-state index is 6.43. The van der Waals surface area contributed by atoms with E-state index in [4.69, 9.17) is 9.15 Å². The first-order chi connectivity index (χ1) is 17.2. The van der Waals surface area contributed by atoms with Gasteiger partial charge in [-0.15, -0.1) is 0 Å². The summed E-state index contributed by atoms with van der Waals surface area (Å²) in [6.07, 6.45) is 0. The molecule has 0 spiro atoms. The van der Waals surface area contributed by atoms with Gasteiger partial charge in [0.2, 0.25) is 0 Å². The lowest BCUT2D eigenvalue weighted by Crippen LogP contribution is -1.97. The largest absolute Gasteiger partial charge is 0.497 e. The Kier molecular flexibility index (Phi) is 4.51. The van der Waals surface area contributed by atoms with E-state index in [0.717, 1.165) is 60.0 Å². The van der Waals surface area contributed by atoms with Crippen LogP contribution < -0.4 is 4.74 Å². The molecule has 3 nitrogen and oxygen atoms in total. The lowest BCUT2D eigenvalue weighted by atomic mass is 9.99. The third-order valence-corrected chi connectivity index (χ3v) is 7.42. The molecule has 35 heavy (non-hydrogen) atoms. The second-order valence-corrected chi connectivity index (χ2v) is 9.51. The van der Waals surface area contributed by atoms with Gasteiger partial charge in [-0.25, -0.2) is 0 Å². The first-order valence-corrected chi connectivity index (χ1v) is 12.3. The topological polar surface area (TPSA) is 27.3 Å². The summed E-state index contributed by atoms with van der Waals surface area (Å²) in [5.41, 5.74) is 7.38. The Hall–Kier alpha value is -4.02. The van der Waals surface area contributed by atoms with Gasteiger partial charge in [-0.2, -0.15) is 0 Å². The molecule has 0 saturated carbocycles. The molecule has 2 heterocycles. The molecule has 4 heteroatoms. The minimum absolute atomic E-state index is 0.814. The van der Waals surface area contributed by atoms with Crippen LogP contribution in [0.3, 0.4) is 0 Å². The molecule has 5 aromatic carbocycles. The van der Waals surface area contributed by atoms with E-state index in [-0.39, 0.29) is 0 Å². The van der Waals surface area contributed by atoms with E-state index < -0.39 is 0 Å². The molecular weight excluding hydrogens is 498 g/mol. The lowest BCUT2D eigenvalue weighted by molar-refractivity contribution is 0.414. The molecule has 7 aromatic rings. The van der Waals surface area contributed by atoms with E-state index in [1.807, 2.05) is 24.3 Å². The zero-order valence-electron chi connectivity index (χ0n) is 19.0. The van der Waals surface area contributed by atoms with E-state index in [2.05, 4.69) is 99.4 Å². The van der Waals surface area contributed by atoms with Gasteiger partial charge < -0.3 is 13.7 Å². The van der Waals surface area contributed by atoms with Crippen molar-refractivity contribution in [2.75, 3.05) is 7.11 Å². The number of halogens is 1. The highest BCUT2D eigenvalue weighted by Crippen LogP contribution is 2.43. The number of hydrogen-bond donors (Lipinski definition) is 0. The van der Waals surface area contributed by atoms with Crippen LogP contribution in [0.1, 0.15) is 0 Å². The summed E-state index contributed by atoms with van der Waals surface area (Å²) >= 11 is 3.81. The van der Waals surface area contributed by atoms with Crippen molar-refractivity contribution in [2.24, 2.45) is 0 Å². The molecule has 0 fully saturated rings. The average molecular weight is 518 g/mol. The summed E-state index contributed by atoms with van der Waals surface area (Å²) in [4.78, 5) is 0. The Labute approximate surface area is 210 Å². The summed E-state index contributed by atoms with van der Waals surface area (Å²) in [5.74, 6) is 0.814. The van der Waals surface area contributed by atoms with Crippen molar-refractivity contribution in [3.8, 4) is 22.6 Å². The fraction of sp³-hybridized carbons (Fsp3) is 0.0323. The number of hydrogen-bond acceptors (Lipinski definition) is 2. The molecule has 0 N–H and O–H groups in total. The third-order valence-electron chi connectivity index (χ3n) is 6.78. The maximum atomic E-state index is 6.43. The number of methoxy groups -OCH3 is 1. The highest BCUT2D eigenvalue weighted by Gasteiger charge is 2.20. The zero-order chi connectivity index (χ0) is 23.5. The molecule has 0 atom stereocenters. The maximum Gasteiger partial charge on any atom is 0.143 e. The molecule has 0 radical (unpaired) electrons. The summed E-state index contributed by atoms with van der Waals surface area (Å²) < 4.78 is 15.2. The highest BCUT2D eigenvalue weighted by atomic mass is 79.9. The van der Waals surface area contributed by atoms with Crippen molar-refractivity contribution < 1.29 is 9.15 Å². The predicted octanol–water partition coefficient (Wildman–Crippen LogP) is 9.12. The lowest BCUT2D eigenvalue weighted by Gasteiger charge is -2.14. The van der Waals surface area contributed by atoms with E-state index in [1.54, 1.807) is 7.11 Å². The second kappa shape index (κ2) is 7.76. The van der Waals surface area contributed by atoms with Crippen LogP contribution in [0.5, 0.6) is 5.75 Å². The Balaban J connectivity index is 1.63. The van der Waals surface area contributed by atoms with Gasteiger partial charge in [0.25, 0.3) is 0 Å². The minimum atomic E-state index is 0.814. The van der Waals surface area contributed by atoms with Crippen LogP contribution in [0.4, 0.5) is 0 Å². The van der Waals surface area contributed by atoms with Crippen molar-refractivity contribution in [2.45, 2.75) is 0 Å². The van der Waals surface area contributed by atoms with Crippen molar-refractivity contribution in [1.29, 1.82) is 0 Å². The minimum Gasteiger partial charge on any atom is -0.497 e. The van der Waals surface area contributed by atoms with Crippen LogP contribution in [-0.2, 0) is 0 Å². The average Bonchev–Trinajstić information content (AvgIpc) is 3.45. The molecule has 0 aliphatic heterocycles. The Morgan fingerprint density at radius 1 is 0.686 bits per heavy atom. The van der Waals surface area contributed by atoms with E-state index >= 15 is 0 Å². The summed E-state index contributed by atoms with van der Waals surface area (Å²) in [7, 11) is 1.69. The number of benzene rings is 5. The van der Waals surface area contributed by atoms with Gasteiger partial charge >= 0.3 is 0 Å². The first kappa shape index (κ1) is 20.4. The van der Waals surface area contributed by atoms with E-state index in [1.165, 1.54) is 10.8 Å². The predicted molar refractivity (Wildman–Crippen MR) is 148 cm³/mol. The Morgan fingerprint density at radius 3 is 2.23 bits per heavy atom. The quantitative estimate of drug-likeness (QED) is 0.233. The van der Waals surface area contributed by atoms with Crippen molar-refractivity contribution >= 4 is 59.7 Å². The van der Waals surface area contributed by atoms with Gasteiger partial charge in [0.05, 0.1) is 23.8 Å². The normalized spacial score (nSPS) is 11.7. The number of fused-ring (bicyclic) bond motifs is 6. The van der Waals surface area contributed by atoms with Crippen LogP contribution in [0.15, 0.2) is 112 Å². The van der Waals surface area contributed by atoms with Crippen molar-refractivity contribution in [3.05, 3.63) is 108 Å². The number of aromatic nitrogens is 1. The van der Waals surface area contributed by atoms with Crippen LogP contribution in [0, 0.1) is 0 Å². The van der Waals surface area contributed by atoms with Gasteiger partial charge in [-0.3, -0.25) is 0 Å². The van der Waals surface area contributed by atoms with Crippen molar-refractivity contribution in [1.82, 2.24) is 4.57 Å². The smallest absolute Gasteiger partial charge is 0.143 e. The van der Waals surface area contributed by atoms with Crippen LogP contribution in [-0.4, -0.2) is 11.7 Å². The molecule has 0 bridgehead atoms. The van der Waals surface area contributed by atoms with Crippen molar-refractivity contribution in [3.63, 3.8) is 0 Å². The summed E-state index contributed by atoms with van der Waals surface area (Å²) in [6, 6.07) is 35.9.